The number of anilines is 2. The quantitative estimate of drug-likeness (QED) is 0.736. The van der Waals surface area contributed by atoms with Gasteiger partial charge < -0.3 is 14.5 Å². The lowest BCUT2D eigenvalue weighted by Gasteiger charge is -2.35. The van der Waals surface area contributed by atoms with Crippen LogP contribution in [0.15, 0.2) is 41.4 Å². The molecule has 0 spiro atoms. The van der Waals surface area contributed by atoms with E-state index in [0.717, 1.165) is 24.6 Å². The monoisotopic (exact) mass is 423 g/mol. The minimum absolute atomic E-state index is 0.230. The first kappa shape index (κ1) is 19.4. The standard InChI is InChI=1S/C18H22ClN5O3S/c19-15-2-1-3-17(12-15)28(25,26)24-6-4-22(5-7-24)16-13-18(21-20-14-16)23-8-10-27-11-9-23/h1-3,12-14H,4-11H2. The number of rotatable bonds is 4. The van der Waals surface area contributed by atoms with Gasteiger partial charge in [-0.25, -0.2) is 8.42 Å². The Balaban J connectivity index is 1.44. The van der Waals surface area contributed by atoms with Gasteiger partial charge in [0.2, 0.25) is 10.0 Å². The molecule has 1 aromatic carbocycles. The Hall–Kier alpha value is -1.94. The average Bonchev–Trinajstić information content (AvgIpc) is 2.74. The number of hydrogen-bond acceptors (Lipinski definition) is 7. The highest BCUT2D eigenvalue weighted by Crippen LogP contribution is 2.24. The van der Waals surface area contributed by atoms with Gasteiger partial charge in [0.15, 0.2) is 5.82 Å². The second-order valence-corrected chi connectivity index (χ2v) is 9.09. The summed E-state index contributed by atoms with van der Waals surface area (Å²) in [4.78, 5) is 4.52. The van der Waals surface area contributed by atoms with E-state index in [4.69, 9.17) is 16.3 Å². The first-order valence-corrected chi connectivity index (χ1v) is 11.0. The number of halogens is 1. The summed E-state index contributed by atoms with van der Waals surface area (Å²) >= 11 is 5.96. The Kier molecular flexibility index (Phi) is 5.68. The zero-order chi connectivity index (χ0) is 19.6. The third-order valence-electron chi connectivity index (χ3n) is 5.00. The van der Waals surface area contributed by atoms with Gasteiger partial charge in [0.1, 0.15) is 0 Å². The molecule has 0 saturated carbocycles. The molecule has 1 aromatic heterocycles. The minimum Gasteiger partial charge on any atom is -0.378 e. The molecule has 2 aliphatic rings. The number of piperazine rings is 1. The maximum absolute atomic E-state index is 12.9. The van der Waals surface area contributed by atoms with E-state index in [1.807, 2.05) is 6.07 Å². The van der Waals surface area contributed by atoms with E-state index in [9.17, 15) is 8.42 Å². The van der Waals surface area contributed by atoms with Crippen LogP contribution < -0.4 is 9.80 Å². The second kappa shape index (κ2) is 8.20. The van der Waals surface area contributed by atoms with Crippen molar-refractivity contribution in [2.75, 3.05) is 62.3 Å². The van der Waals surface area contributed by atoms with Crippen LogP contribution in [0.3, 0.4) is 0 Å². The predicted molar refractivity (Wildman–Crippen MR) is 107 cm³/mol. The fraction of sp³-hybridized carbons (Fsp3) is 0.444. The van der Waals surface area contributed by atoms with E-state index < -0.39 is 10.0 Å². The Morgan fingerprint density at radius 2 is 1.71 bits per heavy atom. The first-order chi connectivity index (χ1) is 13.5. The number of nitrogens with zero attached hydrogens (tertiary/aromatic N) is 5. The van der Waals surface area contributed by atoms with Crippen LogP contribution in [-0.2, 0) is 14.8 Å². The SMILES string of the molecule is O=S(=O)(c1cccc(Cl)c1)N1CCN(c2cnnc(N3CCOCC3)c2)CC1. The highest BCUT2D eigenvalue weighted by atomic mass is 35.5. The molecule has 0 atom stereocenters. The van der Waals surface area contributed by atoms with Gasteiger partial charge in [0.25, 0.3) is 0 Å². The average molecular weight is 424 g/mol. The third kappa shape index (κ3) is 4.07. The summed E-state index contributed by atoms with van der Waals surface area (Å²) in [6, 6.07) is 8.40. The highest BCUT2D eigenvalue weighted by molar-refractivity contribution is 7.89. The van der Waals surface area contributed by atoms with E-state index in [-0.39, 0.29) is 4.90 Å². The van der Waals surface area contributed by atoms with Crippen molar-refractivity contribution in [2.45, 2.75) is 4.90 Å². The summed E-state index contributed by atoms with van der Waals surface area (Å²) in [6.07, 6.45) is 1.73. The largest absolute Gasteiger partial charge is 0.378 e. The molecule has 150 valence electrons. The molecule has 2 fully saturated rings. The molecule has 0 N–H and O–H groups in total. The Morgan fingerprint density at radius 1 is 0.964 bits per heavy atom. The number of benzene rings is 1. The second-order valence-electron chi connectivity index (χ2n) is 6.72. The lowest BCUT2D eigenvalue weighted by molar-refractivity contribution is 0.122. The van der Waals surface area contributed by atoms with Crippen LogP contribution in [0.2, 0.25) is 5.02 Å². The minimum atomic E-state index is -3.54. The van der Waals surface area contributed by atoms with Crippen LogP contribution >= 0.6 is 11.6 Å². The molecule has 2 aliphatic heterocycles. The van der Waals surface area contributed by atoms with Gasteiger partial charge in [0, 0.05) is 50.4 Å². The Bertz CT molecular complexity index is 928. The lowest BCUT2D eigenvalue weighted by atomic mass is 10.3. The van der Waals surface area contributed by atoms with Crippen LogP contribution in [0.4, 0.5) is 11.5 Å². The van der Waals surface area contributed by atoms with Gasteiger partial charge in [-0.15, -0.1) is 5.10 Å². The van der Waals surface area contributed by atoms with Crippen LogP contribution in [-0.4, -0.2) is 75.4 Å². The fourth-order valence-corrected chi connectivity index (χ4v) is 5.15. The van der Waals surface area contributed by atoms with Gasteiger partial charge >= 0.3 is 0 Å². The highest BCUT2D eigenvalue weighted by Gasteiger charge is 2.29. The van der Waals surface area contributed by atoms with Crippen molar-refractivity contribution in [3.05, 3.63) is 41.6 Å². The summed E-state index contributed by atoms with van der Waals surface area (Å²) in [5.41, 5.74) is 0.955. The fourth-order valence-electron chi connectivity index (χ4n) is 3.43. The van der Waals surface area contributed by atoms with Gasteiger partial charge in [0.05, 0.1) is 30.0 Å². The van der Waals surface area contributed by atoms with E-state index in [2.05, 4.69) is 20.0 Å². The van der Waals surface area contributed by atoms with E-state index in [0.29, 0.717) is 44.4 Å². The molecule has 3 heterocycles. The Labute approximate surface area is 169 Å². The Morgan fingerprint density at radius 3 is 2.43 bits per heavy atom. The summed E-state index contributed by atoms with van der Waals surface area (Å²) < 4.78 is 32.6. The molecule has 0 bridgehead atoms. The van der Waals surface area contributed by atoms with Gasteiger partial charge in [-0.1, -0.05) is 17.7 Å². The molecule has 10 heteroatoms. The normalized spacial score (nSPS) is 19.0. The molecule has 2 aromatic rings. The topological polar surface area (TPSA) is 78.9 Å². The third-order valence-corrected chi connectivity index (χ3v) is 7.13. The van der Waals surface area contributed by atoms with Crippen molar-refractivity contribution in [1.82, 2.24) is 14.5 Å². The molecule has 0 amide bonds. The number of hydrogen-bond donors (Lipinski definition) is 0. The lowest BCUT2D eigenvalue weighted by Crippen LogP contribution is -2.48. The molecule has 0 aliphatic carbocycles. The molecule has 8 nitrogen and oxygen atoms in total. The van der Waals surface area contributed by atoms with Gasteiger partial charge in [-0.2, -0.15) is 9.40 Å². The molecule has 2 saturated heterocycles. The van der Waals surface area contributed by atoms with Crippen molar-refractivity contribution in [3.63, 3.8) is 0 Å². The predicted octanol–water partition coefficient (Wildman–Crippen LogP) is 1.48. The van der Waals surface area contributed by atoms with Crippen molar-refractivity contribution in [2.24, 2.45) is 0 Å². The van der Waals surface area contributed by atoms with E-state index >= 15 is 0 Å². The van der Waals surface area contributed by atoms with Crippen molar-refractivity contribution in [1.29, 1.82) is 0 Å². The maximum Gasteiger partial charge on any atom is 0.243 e. The van der Waals surface area contributed by atoms with Crippen molar-refractivity contribution < 1.29 is 13.2 Å². The summed E-state index contributed by atoms with van der Waals surface area (Å²) in [6.45, 7) is 4.96. The first-order valence-electron chi connectivity index (χ1n) is 9.20. The number of sulfonamides is 1. The maximum atomic E-state index is 12.9. The van der Waals surface area contributed by atoms with Crippen molar-refractivity contribution in [3.8, 4) is 0 Å². The molecule has 0 unspecified atom stereocenters. The molecule has 28 heavy (non-hydrogen) atoms. The zero-order valence-electron chi connectivity index (χ0n) is 15.4. The van der Waals surface area contributed by atoms with Crippen molar-refractivity contribution >= 4 is 33.1 Å². The van der Waals surface area contributed by atoms with Crippen LogP contribution in [0.5, 0.6) is 0 Å². The molecular formula is C18H22ClN5O3S. The zero-order valence-corrected chi connectivity index (χ0v) is 16.9. The van der Waals surface area contributed by atoms with E-state index in [1.165, 1.54) is 10.4 Å². The number of ether oxygens (including phenoxy) is 1. The number of morpholine rings is 1. The number of aromatic nitrogens is 2. The summed E-state index contributed by atoms with van der Waals surface area (Å²) in [5.74, 6) is 0.828. The summed E-state index contributed by atoms with van der Waals surface area (Å²) in [5, 5.41) is 8.79. The van der Waals surface area contributed by atoms with Crippen LogP contribution in [0, 0.1) is 0 Å². The summed E-state index contributed by atoms with van der Waals surface area (Å²) in [7, 11) is -3.54. The van der Waals surface area contributed by atoms with Gasteiger partial charge in [-0.3, -0.25) is 0 Å². The van der Waals surface area contributed by atoms with E-state index in [1.54, 1.807) is 24.4 Å². The van der Waals surface area contributed by atoms with Crippen LogP contribution in [0.1, 0.15) is 0 Å². The molecular weight excluding hydrogens is 402 g/mol. The molecule has 4 rings (SSSR count). The molecule has 0 radical (unpaired) electrons. The van der Waals surface area contributed by atoms with Crippen LogP contribution in [0.25, 0.3) is 0 Å². The smallest absolute Gasteiger partial charge is 0.243 e. The van der Waals surface area contributed by atoms with Gasteiger partial charge in [-0.05, 0) is 18.2 Å².